The van der Waals surface area contributed by atoms with Gasteiger partial charge in [-0.15, -0.1) is 0 Å². The highest BCUT2D eigenvalue weighted by Crippen LogP contribution is 2.41. The Kier molecular flexibility index (Phi) is 6.18. The number of methoxy groups -OCH3 is 1. The van der Waals surface area contributed by atoms with E-state index >= 15 is 0 Å². The van der Waals surface area contributed by atoms with Crippen LogP contribution in [0.1, 0.15) is 75.3 Å². The van der Waals surface area contributed by atoms with E-state index in [2.05, 4.69) is 52.0 Å². The summed E-state index contributed by atoms with van der Waals surface area (Å²) in [5.41, 5.74) is 6.53. The topological polar surface area (TPSA) is 58.5 Å². The molecular formula is C29H35F2N5O. The van der Waals surface area contributed by atoms with Crippen LogP contribution in [0.2, 0.25) is 0 Å². The maximum Gasteiger partial charge on any atom is 0.260 e. The molecule has 1 N–H and O–H groups in total. The van der Waals surface area contributed by atoms with Gasteiger partial charge in [0.1, 0.15) is 6.33 Å². The minimum atomic E-state index is -2.53. The molecule has 1 saturated carbocycles. The third kappa shape index (κ3) is 4.49. The number of H-pyrrole nitrogens is 1. The number of likely N-dealkylation sites (tertiary alicyclic amines) is 1. The fourth-order valence-corrected chi connectivity index (χ4v) is 6.58. The van der Waals surface area contributed by atoms with Gasteiger partial charge in [0.15, 0.2) is 11.4 Å². The first-order valence-electron chi connectivity index (χ1n) is 13.5. The van der Waals surface area contributed by atoms with E-state index in [1.54, 1.807) is 11.6 Å². The number of alkyl halides is 2. The predicted octanol–water partition coefficient (Wildman–Crippen LogP) is 6.77. The first kappa shape index (κ1) is 24.3. The van der Waals surface area contributed by atoms with Crippen LogP contribution in [0.3, 0.4) is 0 Å². The smallest absolute Gasteiger partial charge is 0.260 e. The second kappa shape index (κ2) is 9.39. The molecule has 0 bridgehead atoms. The van der Waals surface area contributed by atoms with Gasteiger partial charge in [0.2, 0.25) is 0 Å². The number of hydrogen-bond donors (Lipinski definition) is 1. The Morgan fingerprint density at radius 1 is 1.14 bits per heavy atom. The third-order valence-electron chi connectivity index (χ3n) is 8.40. The SMILES string of the molecule is COc1cc(-c2[nH]c3ccc(C4CCC(N5CCCC(F)(F)C5)CC4)cc3c2C(C)C)cn2ncnc12. The molecule has 0 atom stereocenters. The molecule has 6 rings (SSSR count). The van der Waals surface area contributed by atoms with Crippen molar-refractivity contribution >= 4 is 16.6 Å². The number of aromatic nitrogens is 4. The molecule has 2 aliphatic rings. The number of pyridine rings is 1. The minimum Gasteiger partial charge on any atom is -0.493 e. The zero-order chi connectivity index (χ0) is 25.7. The van der Waals surface area contributed by atoms with E-state index in [1.807, 2.05) is 12.3 Å². The van der Waals surface area contributed by atoms with Crippen molar-refractivity contribution in [3.05, 3.63) is 47.9 Å². The summed E-state index contributed by atoms with van der Waals surface area (Å²) < 4.78 is 35.3. The predicted molar refractivity (Wildman–Crippen MR) is 142 cm³/mol. The first-order valence-corrected chi connectivity index (χ1v) is 13.5. The Balaban J connectivity index is 1.29. The van der Waals surface area contributed by atoms with E-state index in [-0.39, 0.29) is 19.0 Å². The van der Waals surface area contributed by atoms with Crippen molar-refractivity contribution in [2.24, 2.45) is 0 Å². The summed E-state index contributed by atoms with van der Waals surface area (Å²) in [7, 11) is 1.65. The van der Waals surface area contributed by atoms with Crippen molar-refractivity contribution in [2.45, 2.75) is 76.2 Å². The standard InChI is InChI=1S/C29H35F2N5O/c1-18(2)26-23-13-20(19-5-8-22(9-6-19)35-12-4-11-29(30,31)16-35)7-10-24(23)34-27(26)21-14-25(37-3)28-32-17-33-36(28)15-21/h7,10,13-15,17-19,22,34H,4-6,8-9,11-12,16H2,1-3H3. The van der Waals surface area contributed by atoms with Gasteiger partial charge in [0.25, 0.3) is 5.92 Å². The van der Waals surface area contributed by atoms with E-state index in [0.717, 1.165) is 49.0 Å². The van der Waals surface area contributed by atoms with Gasteiger partial charge in [-0.3, -0.25) is 4.90 Å². The molecule has 1 saturated heterocycles. The minimum absolute atomic E-state index is 0.0369. The van der Waals surface area contributed by atoms with Crippen LogP contribution in [-0.2, 0) is 0 Å². The lowest BCUT2D eigenvalue weighted by molar-refractivity contribution is -0.0788. The van der Waals surface area contributed by atoms with Crippen LogP contribution in [0.15, 0.2) is 36.8 Å². The summed E-state index contributed by atoms with van der Waals surface area (Å²) in [4.78, 5) is 10.0. The Labute approximate surface area is 216 Å². The van der Waals surface area contributed by atoms with E-state index in [1.165, 1.54) is 22.8 Å². The number of benzene rings is 1. The Morgan fingerprint density at radius 2 is 1.95 bits per heavy atom. The van der Waals surface area contributed by atoms with Crippen molar-refractivity contribution in [2.75, 3.05) is 20.2 Å². The normalized spacial score (nSPS) is 22.8. The van der Waals surface area contributed by atoms with Gasteiger partial charge >= 0.3 is 0 Å². The van der Waals surface area contributed by atoms with Crippen molar-refractivity contribution < 1.29 is 13.5 Å². The summed E-state index contributed by atoms with van der Waals surface area (Å²) in [5, 5.41) is 5.58. The number of piperidine rings is 1. The highest BCUT2D eigenvalue weighted by atomic mass is 19.3. The second-order valence-electron chi connectivity index (χ2n) is 11.1. The molecule has 0 amide bonds. The summed E-state index contributed by atoms with van der Waals surface area (Å²) in [6.07, 6.45) is 8.25. The van der Waals surface area contributed by atoms with Gasteiger partial charge in [-0.1, -0.05) is 19.9 Å². The highest BCUT2D eigenvalue weighted by Gasteiger charge is 2.38. The number of fused-ring (bicyclic) bond motifs is 2. The fourth-order valence-electron chi connectivity index (χ4n) is 6.58. The molecule has 0 radical (unpaired) electrons. The largest absolute Gasteiger partial charge is 0.493 e. The molecule has 1 aliphatic carbocycles. The molecule has 6 nitrogen and oxygen atoms in total. The van der Waals surface area contributed by atoms with E-state index < -0.39 is 5.92 Å². The maximum absolute atomic E-state index is 14.0. The lowest BCUT2D eigenvalue weighted by Gasteiger charge is -2.41. The molecular weight excluding hydrogens is 472 g/mol. The summed E-state index contributed by atoms with van der Waals surface area (Å²) in [6, 6.07) is 9.11. The first-order chi connectivity index (χ1) is 17.8. The van der Waals surface area contributed by atoms with Gasteiger partial charge < -0.3 is 9.72 Å². The van der Waals surface area contributed by atoms with E-state index in [9.17, 15) is 8.78 Å². The van der Waals surface area contributed by atoms with Gasteiger partial charge in [0, 0.05) is 35.1 Å². The fraction of sp³-hybridized carbons (Fsp3) is 0.517. The molecule has 1 aromatic carbocycles. The van der Waals surface area contributed by atoms with Crippen LogP contribution in [0.25, 0.3) is 27.8 Å². The monoisotopic (exact) mass is 507 g/mol. The highest BCUT2D eigenvalue weighted by molar-refractivity contribution is 5.92. The van der Waals surface area contributed by atoms with Crippen molar-refractivity contribution in [1.82, 2.24) is 24.5 Å². The number of nitrogens with one attached hydrogen (secondary N) is 1. The number of aromatic amines is 1. The molecule has 4 heterocycles. The lowest BCUT2D eigenvalue weighted by atomic mass is 9.80. The van der Waals surface area contributed by atoms with Crippen LogP contribution in [-0.4, -0.2) is 56.6 Å². The van der Waals surface area contributed by atoms with E-state index in [4.69, 9.17) is 4.74 Å². The molecule has 4 aromatic rings. The summed E-state index contributed by atoms with van der Waals surface area (Å²) in [5.74, 6) is -1.06. The summed E-state index contributed by atoms with van der Waals surface area (Å²) >= 11 is 0. The van der Waals surface area contributed by atoms with Crippen molar-refractivity contribution in [3.63, 3.8) is 0 Å². The van der Waals surface area contributed by atoms with Gasteiger partial charge in [0.05, 0.1) is 19.3 Å². The molecule has 2 fully saturated rings. The Hall–Kier alpha value is -3.00. The van der Waals surface area contributed by atoms with Gasteiger partial charge in [-0.25, -0.2) is 18.3 Å². The van der Waals surface area contributed by atoms with Crippen LogP contribution in [0.5, 0.6) is 5.75 Å². The average Bonchev–Trinajstić information content (AvgIpc) is 3.52. The zero-order valence-corrected chi connectivity index (χ0v) is 21.8. The molecule has 8 heteroatoms. The quantitative estimate of drug-likeness (QED) is 0.324. The third-order valence-corrected chi connectivity index (χ3v) is 8.40. The number of nitrogens with zero attached hydrogens (tertiary/aromatic N) is 4. The van der Waals surface area contributed by atoms with Crippen molar-refractivity contribution in [3.8, 4) is 17.0 Å². The number of ether oxygens (including phenoxy) is 1. The van der Waals surface area contributed by atoms with Gasteiger partial charge in [-0.05, 0) is 79.8 Å². The molecule has 3 aromatic heterocycles. The van der Waals surface area contributed by atoms with Crippen LogP contribution in [0.4, 0.5) is 8.78 Å². The van der Waals surface area contributed by atoms with Crippen LogP contribution < -0.4 is 4.74 Å². The number of hydrogen-bond acceptors (Lipinski definition) is 4. The number of halogens is 2. The molecule has 37 heavy (non-hydrogen) atoms. The number of rotatable bonds is 5. The molecule has 196 valence electrons. The van der Waals surface area contributed by atoms with Crippen LogP contribution in [0, 0.1) is 0 Å². The van der Waals surface area contributed by atoms with Crippen molar-refractivity contribution in [1.29, 1.82) is 0 Å². The lowest BCUT2D eigenvalue weighted by Crippen LogP contribution is -2.48. The Bertz CT molecular complexity index is 1420. The average molecular weight is 508 g/mol. The van der Waals surface area contributed by atoms with Gasteiger partial charge in [-0.2, -0.15) is 5.10 Å². The molecule has 0 spiro atoms. The molecule has 0 unspecified atom stereocenters. The summed E-state index contributed by atoms with van der Waals surface area (Å²) in [6.45, 7) is 5.20. The Morgan fingerprint density at radius 3 is 2.68 bits per heavy atom. The second-order valence-corrected chi connectivity index (χ2v) is 11.1. The van der Waals surface area contributed by atoms with Crippen LogP contribution >= 0.6 is 0 Å². The maximum atomic E-state index is 14.0. The van der Waals surface area contributed by atoms with E-state index in [0.29, 0.717) is 29.7 Å². The molecule has 1 aliphatic heterocycles. The zero-order valence-electron chi connectivity index (χ0n) is 21.8.